The lowest BCUT2D eigenvalue weighted by atomic mass is 10.1. The number of aromatic amines is 1. The lowest BCUT2D eigenvalue weighted by Crippen LogP contribution is -2.31. The molecule has 0 aliphatic heterocycles. The Kier molecular flexibility index (Phi) is 6.49. The van der Waals surface area contributed by atoms with Gasteiger partial charge in [0.1, 0.15) is 17.2 Å². The molecule has 0 aliphatic rings. The highest BCUT2D eigenvalue weighted by molar-refractivity contribution is 6.30. The number of nitrogens with zero attached hydrogens (tertiary/aromatic N) is 4. The first-order chi connectivity index (χ1) is 14.8. The van der Waals surface area contributed by atoms with Crippen LogP contribution in [-0.2, 0) is 11.3 Å². The third kappa shape index (κ3) is 4.63. The maximum atomic E-state index is 12.2. The van der Waals surface area contributed by atoms with Gasteiger partial charge in [0.05, 0.1) is 18.5 Å². The number of nitriles is 1. The number of nitrogens with one attached hydrogen (secondary N) is 2. The van der Waals surface area contributed by atoms with E-state index in [1.165, 1.54) is 31.4 Å². The van der Waals surface area contributed by atoms with E-state index in [2.05, 4.69) is 20.5 Å². The lowest BCUT2D eigenvalue weighted by molar-refractivity contribution is 0.184. The Hall–Kier alpha value is -3.94. The summed E-state index contributed by atoms with van der Waals surface area (Å²) >= 11 is 5.85. The monoisotopic (exact) mass is 440 g/mol. The predicted molar refractivity (Wildman–Crippen MR) is 115 cm³/mol. The van der Waals surface area contributed by atoms with Gasteiger partial charge in [-0.25, -0.2) is 14.3 Å². The van der Waals surface area contributed by atoms with Crippen LogP contribution in [0.3, 0.4) is 0 Å². The average Bonchev–Trinajstić information content (AvgIpc) is 2.72. The van der Waals surface area contributed by atoms with E-state index in [-0.39, 0.29) is 23.6 Å². The van der Waals surface area contributed by atoms with Crippen LogP contribution < -0.4 is 16.7 Å². The van der Waals surface area contributed by atoms with Crippen LogP contribution in [0.15, 0.2) is 45.0 Å². The van der Waals surface area contributed by atoms with Gasteiger partial charge in [0.15, 0.2) is 5.82 Å². The molecule has 0 spiro atoms. The van der Waals surface area contributed by atoms with Crippen molar-refractivity contribution in [1.29, 1.82) is 5.26 Å². The van der Waals surface area contributed by atoms with Crippen LogP contribution in [0.5, 0.6) is 5.88 Å². The summed E-state index contributed by atoms with van der Waals surface area (Å²) in [7, 11) is 1.51. The first-order valence-electron chi connectivity index (χ1n) is 8.88. The van der Waals surface area contributed by atoms with E-state index in [1.54, 1.807) is 13.0 Å². The number of ether oxygens (including phenoxy) is 1. The van der Waals surface area contributed by atoms with Crippen molar-refractivity contribution in [2.24, 2.45) is 5.10 Å². The molecule has 3 rings (SSSR count). The summed E-state index contributed by atoms with van der Waals surface area (Å²) in [6, 6.07) is 9.84. The lowest BCUT2D eigenvalue weighted by Gasteiger charge is -2.10. The molecule has 0 atom stereocenters. The van der Waals surface area contributed by atoms with Gasteiger partial charge in [-0.15, -0.1) is 0 Å². The Morgan fingerprint density at radius 3 is 2.74 bits per heavy atom. The summed E-state index contributed by atoms with van der Waals surface area (Å²) in [5.41, 5.74) is 2.43. The quantitative estimate of drug-likeness (QED) is 0.392. The molecule has 3 N–H and O–H groups in total. The molecule has 0 bridgehead atoms. The number of hydrazone groups is 1. The van der Waals surface area contributed by atoms with E-state index < -0.39 is 17.1 Å². The van der Waals surface area contributed by atoms with Crippen molar-refractivity contribution < 1.29 is 9.84 Å². The molecule has 2 heterocycles. The number of rotatable bonds is 6. The smallest absolute Gasteiger partial charge is 0.335 e. The van der Waals surface area contributed by atoms with Crippen LogP contribution in [0.25, 0.3) is 5.69 Å². The molecular weight excluding hydrogens is 424 g/mol. The molecule has 3 aromatic rings. The Morgan fingerprint density at radius 2 is 2.10 bits per heavy atom. The maximum absolute atomic E-state index is 12.2. The van der Waals surface area contributed by atoms with E-state index in [0.29, 0.717) is 22.0 Å². The van der Waals surface area contributed by atoms with Crippen molar-refractivity contribution in [2.75, 3.05) is 12.5 Å². The van der Waals surface area contributed by atoms with Crippen molar-refractivity contribution >= 4 is 23.6 Å². The van der Waals surface area contributed by atoms with Crippen molar-refractivity contribution in [2.45, 2.75) is 13.5 Å². The highest BCUT2D eigenvalue weighted by Gasteiger charge is 2.15. The van der Waals surface area contributed by atoms with Crippen LogP contribution >= 0.6 is 11.6 Å². The molecule has 10 nitrogen and oxygen atoms in total. The molecule has 0 amide bonds. The van der Waals surface area contributed by atoms with Crippen molar-refractivity contribution in [3.05, 3.63) is 78.6 Å². The fourth-order valence-corrected chi connectivity index (χ4v) is 2.98. The number of anilines is 1. The van der Waals surface area contributed by atoms with Gasteiger partial charge in [0.25, 0.3) is 5.56 Å². The molecule has 0 aliphatic carbocycles. The van der Waals surface area contributed by atoms with E-state index in [0.717, 1.165) is 10.8 Å². The van der Waals surface area contributed by atoms with Gasteiger partial charge in [-0.1, -0.05) is 11.6 Å². The Bertz CT molecular complexity index is 1310. The fraction of sp³-hybridized carbons (Fsp3) is 0.150. The second-order valence-electron chi connectivity index (χ2n) is 6.37. The highest BCUT2D eigenvalue weighted by Crippen LogP contribution is 2.20. The molecule has 11 heteroatoms. The fourth-order valence-electron chi connectivity index (χ4n) is 2.86. The zero-order valence-electron chi connectivity index (χ0n) is 16.5. The second kappa shape index (κ2) is 9.25. The summed E-state index contributed by atoms with van der Waals surface area (Å²) in [5.74, 6) is -0.452. The third-order valence-electron chi connectivity index (χ3n) is 4.21. The van der Waals surface area contributed by atoms with Gasteiger partial charge >= 0.3 is 5.69 Å². The molecule has 0 radical (unpaired) electrons. The molecule has 0 saturated carbocycles. The predicted octanol–water partition coefficient (Wildman–Crippen LogP) is 2.05. The first-order valence-corrected chi connectivity index (χ1v) is 9.26. The molecule has 0 unspecified atom stereocenters. The van der Waals surface area contributed by atoms with Crippen LogP contribution in [0.2, 0.25) is 5.02 Å². The minimum absolute atomic E-state index is 0.160. The van der Waals surface area contributed by atoms with Crippen molar-refractivity contribution in [1.82, 2.24) is 14.5 Å². The summed E-state index contributed by atoms with van der Waals surface area (Å²) in [4.78, 5) is 30.8. The van der Waals surface area contributed by atoms with Crippen LogP contribution in [0, 0.1) is 18.3 Å². The Morgan fingerprint density at radius 1 is 1.39 bits per heavy atom. The number of aromatic nitrogens is 3. The van der Waals surface area contributed by atoms with Crippen molar-refractivity contribution in [3.63, 3.8) is 0 Å². The zero-order chi connectivity index (χ0) is 22.5. The Balaban J connectivity index is 2.00. The average molecular weight is 441 g/mol. The second-order valence-corrected chi connectivity index (χ2v) is 6.81. The Labute approximate surface area is 181 Å². The van der Waals surface area contributed by atoms with Gasteiger partial charge in [-0.3, -0.25) is 15.2 Å². The van der Waals surface area contributed by atoms with E-state index in [1.807, 2.05) is 6.07 Å². The number of benzene rings is 1. The van der Waals surface area contributed by atoms with E-state index in [9.17, 15) is 20.0 Å². The topological polar surface area (TPSA) is 145 Å². The molecule has 0 saturated heterocycles. The largest absolute Gasteiger partial charge is 0.493 e. The number of aryl methyl sites for hydroxylation is 1. The normalized spacial score (nSPS) is 10.9. The van der Waals surface area contributed by atoms with Crippen LogP contribution in [0.1, 0.15) is 22.4 Å². The molecule has 2 aromatic heterocycles. The molecule has 0 fully saturated rings. The van der Waals surface area contributed by atoms with Gasteiger partial charge < -0.3 is 9.84 Å². The third-order valence-corrected chi connectivity index (χ3v) is 4.46. The number of halogens is 1. The van der Waals surface area contributed by atoms with E-state index >= 15 is 0 Å². The molecule has 31 heavy (non-hydrogen) atoms. The molecule has 1 aromatic carbocycles. The minimum atomic E-state index is -0.837. The summed E-state index contributed by atoms with van der Waals surface area (Å²) < 4.78 is 6.00. The number of pyridine rings is 1. The number of aromatic hydroxyl groups is 1. The van der Waals surface area contributed by atoms with Gasteiger partial charge in [-0.2, -0.15) is 10.4 Å². The van der Waals surface area contributed by atoms with Gasteiger partial charge in [0, 0.05) is 23.4 Å². The van der Waals surface area contributed by atoms with Crippen LogP contribution in [-0.4, -0.2) is 33.0 Å². The summed E-state index contributed by atoms with van der Waals surface area (Å²) in [5, 5.41) is 24.3. The number of H-pyrrole nitrogens is 1. The first kappa shape index (κ1) is 21.8. The van der Waals surface area contributed by atoms with Gasteiger partial charge in [0.2, 0.25) is 5.88 Å². The van der Waals surface area contributed by atoms with E-state index in [4.69, 9.17) is 16.3 Å². The maximum Gasteiger partial charge on any atom is 0.335 e. The molecule has 158 valence electrons. The highest BCUT2D eigenvalue weighted by atomic mass is 35.5. The van der Waals surface area contributed by atoms with Crippen LogP contribution in [0.4, 0.5) is 5.82 Å². The van der Waals surface area contributed by atoms with Crippen molar-refractivity contribution in [3.8, 4) is 17.6 Å². The number of hydrogen-bond acceptors (Lipinski definition) is 8. The number of hydrogen-bond donors (Lipinski definition) is 3. The SMILES string of the molecule is COCc1cc(C)nc(N/N=C/c2c(O)n(-c3ccc(Cl)cc3)c(=O)[nH]c2=O)c1C#N. The minimum Gasteiger partial charge on any atom is -0.493 e. The summed E-state index contributed by atoms with van der Waals surface area (Å²) in [6.07, 6.45) is 1.03. The zero-order valence-corrected chi connectivity index (χ0v) is 17.3. The van der Waals surface area contributed by atoms with Gasteiger partial charge in [-0.05, 0) is 37.3 Å². The molecular formula is C20H17ClN6O4. The number of methoxy groups -OCH3 is 1. The summed E-state index contributed by atoms with van der Waals surface area (Å²) in [6.45, 7) is 1.95. The standard InChI is InChI=1S/C20H17ClN6O4/c1-11-7-12(10-31-2)15(8-22)17(24-11)26-23-9-16-18(28)25-20(30)27(19(16)29)14-5-3-13(21)4-6-14/h3-7,9,29H,10H2,1-2H3,(H,24,26)(H,25,28,30)/b23-9+.